The number of carbonyl (C=O) groups is 1. The van der Waals surface area contributed by atoms with Gasteiger partial charge >= 0.3 is 0 Å². The molecule has 126 valence electrons. The van der Waals surface area contributed by atoms with Crippen molar-refractivity contribution >= 4 is 15.7 Å². The van der Waals surface area contributed by atoms with Crippen molar-refractivity contribution in [2.45, 2.75) is 19.9 Å². The van der Waals surface area contributed by atoms with Gasteiger partial charge in [0, 0.05) is 29.9 Å². The van der Waals surface area contributed by atoms with E-state index in [1.807, 2.05) is 37.3 Å². The normalized spacial score (nSPS) is 19.9. The van der Waals surface area contributed by atoms with Crippen LogP contribution in [0.4, 0.5) is 0 Å². The van der Waals surface area contributed by atoms with E-state index in [0.29, 0.717) is 5.56 Å². The Labute approximate surface area is 142 Å². The van der Waals surface area contributed by atoms with Gasteiger partial charge < -0.3 is 4.90 Å². The number of hydrogen-bond acceptors (Lipinski definition) is 4. The first-order valence-electron chi connectivity index (χ1n) is 7.91. The molecule has 1 aliphatic heterocycles. The Hall–Kier alpha value is -2.21. The van der Waals surface area contributed by atoms with Crippen molar-refractivity contribution in [1.29, 1.82) is 0 Å². The van der Waals surface area contributed by atoms with Gasteiger partial charge in [-0.2, -0.15) is 0 Å². The zero-order valence-corrected chi connectivity index (χ0v) is 14.6. The summed E-state index contributed by atoms with van der Waals surface area (Å²) in [6.45, 7) is 3.94. The summed E-state index contributed by atoms with van der Waals surface area (Å²) in [7, 11) is -3.05. The van der Waals surface area contributed by atoms with E-state index in [0.717, 1.165) is 16.8 Å². The lowest BCUT2D eigenvalue weighted by Crippen LogP contribution is -2.49. The van der Waals surface area contributed by atoms with Crippen LogP contribution in [0.5, 0.6) is 0 Å². The van der Waals surface area contributed by atoms with Gasteiger partial charge in [0.05, 0.1) is 17.2 Å². The number of carbonyl (C=O) groups excluding carboxylic acids is 1. The van der Waals surface area contributed by atoms with Crippen molar-refractivity contribution < 1.29 is 13.2 Å². The molecule has 1 amide bonds. The summed E-state index contributed by atoms with van der Waals surface area (Å²) in [4.78, 5) is 18.9. The summed E-state index contributed by atoms with van der Waals surface area (Å²) >= 11 is 0. The zero-order chi connectivity index (χ0) is 17.3. The van der Waals surface area contributed by atoms with E-state index in [4.69, 9.17) is 0 Å². The molecule has 1 aliphatic rings. The third-order valence-corrected chi connectivity index (χ3v) is 6.23. The molecular weight excluding hydrogens is 324 g/mol. The SMILES string of the molecule is Cc1c(C(=O)N2CCS(=O)(=O)CC2C)cccc1-c1ccccn1. The van der Waals surface area contributed by atoms with Crippen LogP contribution in [0.15, 0.2) is 42.6 Å². The first-order valence-corrected chi connectivity index (χ1v) is 9.73. The Morgan fingerprint density at radius 1 is 1.21 bits per heavy atom. The largest absolute Gasteiger partial charge is 0.334 e. The third-order valence-electron chi connectivity index (χ3n) is 4.44. The van der Waals surface area contributed by atoms with Crippen molar-refractivity contribution in [3.63, 3.8) is 0 Å². The van der Waals surface area contributed by atoms with Gasteiger partial charge in [-0.05, 0) is 37.6 Å². The molecule has 0 spiro atoms. The smallest absolute Gasteiger partial charge is 0.254 e. The van der Waals surface area contributed by atoms with Crippen LogP contribution in [0, 0.1) is 6.92 Å². The molecule has 1 aromatic heterocycles. The molecule has 1 aromatic carbocycles. The molecule has 1 saturated heterocycles. The predicted molar refractivity (Wildman–Crippen MR) is 93.6 cm³/mol. The van der Waals surface area contributed by atoms with Crippen molar-refractivity contribution in [2.75, 3.05) is 18.1 Å². The molecule has 6 heteroatoms. The van der Waals surface area contributed by atoms with Crippen molar-refractivity contribution in [3.8, 4) is 11.3 Å². The van der Waals surface area contributed by atoms with E-state index >= 15 is 0 Å². The zero-order valence-electron chi connectivity index (χ0n) is 13.8. The number of amides is 1. The van der Waals surface area contributed by atoms with Crippen molar-refractivity contribution in [1.82, 2.24) is 9.88 Å². The molecule has 3 rings (SSSR count). The molecule has 0 saturated carbocycles. The fourth-order valence-corrected chi connectivity index (χ4v) is 4.68. The van der Waals surface area contributed by atoms with E-state index in [-0.39, 0.29) is 30.0 Å². The van der Waals surface area contributed by atoms with Gasteiger partial charge in [0.1, 0.15) is 0 Å². The van der Waals surface area contributed by atoms with Gasteiger partial charge in [0.25, 0.3) is 5.91 Å². The fraction of sp³-hybridized carbons (Fsp3) is 0.333. The first-order chi connectivity index (χ1) is 11.4. The fourth-order valence-electron chi connectivity index (χ4n) is 3.12. The molecule has 0 radical (unpaired) electrons. The summed E-state index contributed by atoms with van der Waals surface area (Å²) in [6.07, 6.45) is 1.72. The molecule has 24 heavy (non-hydrogen) atoms. The second-order valence-corrected chi connectivity index (χ2v) is 8.38. The Bertz CT molecular complexity index is 863. The second kappa shape index (κ2) is 6.36. The predicted octanol–water partition coefficient (Wildman–Crippen LogP) is 2.32. The maximum atomic E-state index is 12.9. The molecule has 0 aliphatic carbocycles. The number of rotatable bonds is 2. The quantitative estimate of drug-likeness (QED) is 0.838. The monoisotopic (exact) mass is 344 g/mol. The number of nitrogens with zero attached hydrogens (tertiary/aromatic N) is 2. The summed E-state index contributed by atoms with van der Waals surface area (Å²) in [6, 6.07) is 10.9. The van der Waals surface area contributed by atoms with Gasteiger partial charge in [0.15, 0.2) is 9.84 Å². The van der Waals surface area contributed by atoms with Crippen LogP contribution >= 0.6 is 0 Å². The van der Waals surface area contributed by atoms with Gasteiger partial charge in [-0.3, -0.25) is 9.78 Å². The molecule has 1 unspecified atom stereocenters. The van der Waals surface area contributed by atoms with Gasteiger partial charge in [-0.1, -0.05) is 18.2 Å². The number of aromatic nitrogens is 1. The minimum Gasteiger partial charge on any atom is -0.334 e. The maximum Gasteiger partial charge on any atom is 0.254 e. The lowest BCUT2D eigenvalue weighted by atomic mass is 9.98. The maximum absolute atomic E-state index is 12.9. The molecule has 1 fully saturated rings. The summed E-state index contributed by atoms with van der Waals surface area (Å²) in [5, 5.41) is 0. The summed E-state index contributed by atoms with van der Waals surface area (Å²) in [5.41, 5.74) is 3.20. The number of pyridine rings is 1. The van der Waals surface area contributed by atoms with Crippen LogP contribution in [-0.4, -0.2) is 48.3 Å². The molecule has 0 N–H and O–H groups in total. The van der Waals surface area contributed by atoms with Crippen LogP contribution in [0.2, 0.25) is 0 Å². The lowest BCUT2D eigenvalue weighted by Gasteiger charge is -2.33. The highest BCUT2D eigenvalue weighted by atomic mass is 32.2. The third kappa shape index (κ3) is 3.19. The van der Waals surface area contributed by atoms with Crippen LogP contribution in [0.25, 0.3) is 11.3 Å². The minimum absolute atomic E-state index is 0.0255. The molecule has 2 heterocycles. The summed E-state index contributed by atoms with van der Waals surface area (Å²) < 4.78 is 23.5. The van der Waals surface area contributed by atoms with Crippen molar-refractivity contribution in [3.05, 3.63) is 53.7 Å². The van der Waals surface area contributed by atoms with Crippen LogP contribution < -0.4 is 0 Å². The standard InChI is InChI=1S/C18H20N2O3S/c1-13-12-24(22,23)11-10-20(13)18(21)16-7-5-6-15(14(16)2)17-8-3-4-9-19-17/h3-9,13H,10-12H2,1-2H3. The van der Waals surface area contributed by atoms with E-state index < -0.39 is 9.84 Å². The molecular formula is C18H20N2O3S. The van der Waals surface area contributed by atoms with E-state index in [9.17, 15) is 13.2 Å². The van der Waals surface area contributed by atoms with Crippen LogP contribution in [0.3, 0.4) is 0 Å². The highest BCUT2D eigenvalue weighted by molar-refractivity contribution is 7.91. The van der Waals surface area contributed by atoms with Crippen LogP contribution in [-0.2, 0) is 9.84 Å². The molecule has 0 bridgehead atoms. The van der Waals surface area contributed by atoms with Gasteiger partial charge in [-0.15, -0.1) is 0 Å². The number of sulfone groups is 1. The van der Waals surface area contributed by atoms with E-state index in [1.54, 1.807) is 24.1 Å². The van der Waals surface area contributed by atoms with Gasteiger partial charge in [0.2, 0.25) is 0 Å². The summed E-state index contributed by atoms with van der Waals surface area (Å²) in [5.74, 6) is -0.0626. The second-order valence-electron chi connectivity index (χ2n) is 6.16. The van der Waals surface area contributed by atoms with Gasteiger partial charge in [-0.25, -0.2) is 8.42 Å². The lowest BCUT2D eigenvalue weighted by molar-refractivity contribution is 0.0712. The van der Waals surface area contributed by atoms with Crippen LogP contribution in [0.1, 0.15) is 22.8 Å². The Kier molecular flexibility index (Phi) is 4.41. The Morgan fingerprint density at radius 3 is 2.67 bits per heavy atom. The van der Waals surface area contributed by atoms with E-state index in [1.165, 1.54) is 0 Å². The molecule has 5 nitrogen and oxygen atoms in total. The highest BCUT2D eigenvalue weighted by Crippen LogP contribution is 2.26. The average Bonchev–Trinajstić information content (AvgIpc) is 2.54. The molecule has 2 aromatic rings. The van der Waals surface area contributed by atoms with Crippen molar-refractivity contribution in [2.24, 2.45) is 0 Å². The Morgan fingerprint density at radius 2 is 2.00 bits per heavy atom. The topological polar surface area (TPSA) is 67.3 Å². The Balaban J connectivity index is 1.94. The van der Waals surface area contributed by atoms with E-state index in [2.05, 4.69) is 4.98 Å². The highest BCUT2D eigenvalue weighted by Gasteiger charge is 2.32. The number of benzene rings is 1. The average molecular weight is 344 g/mol. The number of hydrogen-bond donors (Lipinski definition) is 0. The minimum atomic E-state index is -3.05. The first kappa shape index (κ1) is 16.6. The molecule has 1 atom stereocenters.